The maximum absolute atomic E-state index is 9.14. The Morgan fingerprint density at radius 3 is 2.67 bits per heavy atom. The molecule has 3 N–H and O–H groups in total. The molecule has 0 spiro atoms. The molecule has 0 saturated heterocycles. The Bertz CT molecular complexity index is 626. The Balaban J connectivity index is 2.58. The molecule has 0 aliphatic carbocycles. The number of nitrogens with two attached hydrogens (primary N) is 1. The lowest BCUT2D eigenvalue weighted by molar-refractivity contribution is 1.01. The molecular formula is C14H16N4. The van der Waals surface area contributed by atoms with Crippen LogP contribution in [-0.4, -0.2) is 18.1 Å². The van der Waals surface area contributed by atoms with Gasteiger partial charge in [-0.1, -0.05) is 0 Å². The molecule has 4 heteroatoms. The minimum absolute atomic E-state index is 0.511. The topological polar surface area (TPSA) is 74.7 Å². The van der Waals surface area contributed by atoms with Crippen molar-refractivity contribution in [3.8, 4) is 6.07 Å². The van der Waals surface area contributed by atoms with Crippen LogP contribution in [0.25, 0.3) is 10.9 Å². The molecule has 2 rings (SSSR count). The van der Waals surface area contributed by atoms with Gasteiger partial charge in [-0.3, -0.25) is 0 Å². The van der Waals surface area contributed by atoms with Crippen molar-refractivity contribution in [1.29, 1.82) is 5.26 Å². The number of rotatable bonds is 3. The number of hydrogen-bond donors (Lipinski definition) is 2. The van der Waals surface area contributed by atoms with Crippen LogP contribution in [0.4, 0.5) is 5.82 Å². The van der Waals surface area contributed by atoms with Crippen LogP contribution in [0.2, 0.25) is 0 Å². The number of pyridine rings is 1. The molecule has 0 fully saturated rings. The minimum Gasteiger partial charge on any atom is -0.368 e. The molecule has 0 bridgehead atoms. The number of hydrogen-bond acceptors (Lipinski definition) is 4. The van der Waals surface area contributed by atoms with Crippen molar-refractivity contribution in [2.75, 3.05) is 18.4 Å². The van der Waals surface area contributed by atoms with Gasteiger partial charge >= 0.3 is 0 Å². The van der Waals surface area contributed by atoms with Crippen molar-refractivity contribution in [3.63, 3.8) is 0 Å². The highest BCUT2D eigenvalue weighted by Gasteiger charge is 2.07. The maximum Gasteiger partial charge on any atom is 0.144 e. The summed E-state index contributed by atoms with van der Waals surface area (Å²) < 4.78 is 0. The normalized spacial score (nSPS) is 10.3. The second-order valence-corrected chi connectivity index (χ2v) is 4.34. The first-order valence-electron chi connectivity index (χ1n) is 5.91. The van der Waals surface area contributed by atoms with Crippen LogP contribution in [-0.2, 0) is 0 Å². The molecule has 0 aliphatic heterocycles. The quantitative estimate of drug-likeness (QED) is 0.861. The van der Waals surface area contributed by atoms with Gasteiger partial charge in [-0.05, 0) is 43.2 Å². The summed E-state index contributed by atoms with van der Waals surface area (Å²) in [6.07, 6.45) is 0. The van der Waals surface area contributed by atoms with E-state index < -0.39 is 0 Å². The summed E-state index contributed by atoms with van der Waals surface area (Å²) in [6.45, 7) is 5.23. The third kappa shape index (κ3) is 2.27. The average Bonchev–Trinajstić information content (AvgIpc) is 2.37. The van der Waals surface area contributed by atoms with Crippen LogP contribution in [0.5, 0.6) is 0 Å². The summed E-state index contributed by atoms with van der Waals surface area (Å²) in [6, 6.07) is 8.14. The first-order valence-corrected chi connectivity index (χ1v) is 5.91. The lowest BCUT2D eigenvalue weighted by Gasteiger charge is -2.09. The van der Waals surface area contributed by atoms with Crippen LogP contribution >= 0.6 is 0 Å². The molecule has 2 aromatic rings. The molecule has 1 aromatic carbocycles. The standard InChI is InChI=1S/C14H16N4/c1-9-5-11-7-12(8-16)14(17-4-3-15)18-13(11)6-10(9)2/h5-7H,3-4,15H2,1-2H3,(H,17,18). The molecular weight excluding hydrogens is 224 g/mol. The molecule has 0 saturated carbocycles. The molecule has 0 amide bonds. The number of nitriles is 1. The number of nitrogens with zero attached hydrogens (tertiary/aromatic N) is 2. The lowest BCUT2D eigenvalue weighted by Crippen LogP contribution is -2.14. The Morgan fingerprint density at radius 1 is 1.28 bits per heavy atom. The summed E-state index contributed by atoms with van der Waals surface area (Å²) in [5, 5.41) is 13.2. The number of benzene rings is 1. The summed E-state index contributed by atoms with van der Waals surface area (Å²) >= 11 is 0. The van der Waals surface area contributed by atoms with Crippen molar-refractivity contribution >= 4 is 16.7 Å². The SMILES string of the molecule is Cc1cc2cc(C#N)c(NCCN)nc2cc1C. The number of anilines is 1. The molecule has 1 aromatic heterocycles. The van der Waals surface area contributed by atoms with Gasteiger partial charge in [0.2, 0.25) is 0 Å². The van der Waals surface area contributed by atoms with Gasteiger partial charge in [0.1, 0.15) is 11.9 Å². The van der Waals surface area contributed by atoms with Crippen molar-refractivity contribution in [2.24, 2.45) is 5.73 Å². The van der Waals surface area contributed by atoms with E-state index in [2.05, 4.69) is 36.3 Å². The molecule has 0 unspecified atom stereocenters. The minimum atomic E-state index is 0.511. The second kappa shape index (κ2) is 5.03. The van der Waals surface area contributed by atoms with E-state index in [9.17, 15) is 0 Å². The van der Waals surface area contributed by atoms with E-state index in [0.717, 1.165) is 10.9 Å². The van der Waals surface area contributed by atoms with E-state index in [1.807, 2.05) is 12.1 Å². The second-order valence-electron chi connectivity index (χ2n) is 4.34. The molecule has 0 atom stereocenters. The zero-order valence-corrected chi connectivity index (χ0v) is 10.6. The van der Waals surface area contributed by atoms with E-state index in [1.54, 1.807) is 0 Å². The zero-order valence-electron chi connectivity index (χ0n) is 10.6. The Labute approximate surface area is 106 Å². The van der Waals surface area contributed by atoms with Crippen LogP contribution in [0.1, 0.15) is 16.7 Å². The third-order valence-corrected chi connectivity index (χ3v) is 2.99. The number of aryl methyl sites for hydroxylation is 2. The van der Waals surface area contributed by atoms with Crippen LogP contribution in [0.15, 0.2) is 18.2 Å². The van der Waals surface area contributed by atoms with Crippen molar-refractivity contribution in [3.05, 3.63) is 34.9 Å². The van der Waals surface area contributed by atoms with Gasteiger partial charge in [0, 0.05) is 18.5 Å². The zero-order chi connectivity index (χ0) is 13.1. The van der Waals surface area contributed by atoms with Crippen LogP contribution < -0.4 is 11.1 Å². The third-order valence-electron chi connectivity index (χ3n) is 2.99. The molecule has 0 aliphatic rings. The number of nitrogens with one attached hydrogen (secondary N) is 1. The maximum atomic E-state index is 9.14. The molecule has 18 heavy (non-hydrogen) atoms. The molecule has 1 heterocycles. The van der Waals surface area contributed by atoms with Gasteiger partial charge in [-0.25, -0.2) is 4.98 Å². The highest BCUT2D eigenvalue weighted by molar-refractivity contribution is 5.84. The molecule has 0 radical (unpaired) electrons. The summed E-state index contributed by atoms with van der Waals surface area (Å²) in [7, 11) is 0. The Kier molecular flexibility index (Phi) is 3.45. The van der Waals surface area contributed by atoms with E-state index in [1.165, 1.54) is 11.1 Å². The van der Waals surface area contributed by atoms with E-state index in [0.29, 0.717) is 24.5 Å². The summed E-state index contributed by atoms with van der Waals surface area (Å²) in [5.41, 5.74) is 9.31. The smallest absolute Gasteiger partial charge is 0.144 e. The van der Waals surface area contributed by atoms with E-state index in [-0.39, 0.29) is 0 Å². The fourth-order valence-electron chi connectivity index (χ4n) is 1.85. The number of fused-ring (bicyclic) bond motifs is 1. The monoisotopic (exact) mass is 240 g/mol. The number of aromatic nitrogens is 1. The van der Waals surface area contributed by atoms with Crippen LogP contribution in [0.3, 0.4) is 0 Å². The average molecular weight is 240 g/mol. The van der Waals surface area contributed by atoms with Gasteiger partial charge in [0.25, 0.3) is 0 Å². The van der Waals surface area contributed by atoms with Gasteiger partial charge in [0.05, 0.1) is 11.1 Å². The Hall–Kier alpha value is -2.12. The van der Waals surface area contributed by atoms with Gasteiger partial charge in [0.15, 0.2) is 0 Å². The summed E-state index contributed by atoms with van der Waals surface area (Å²) in [4.78, 5) is 4.50. The summed E-state index contributed by atoms with van der Waals surface area (Å²) in [5.74, 6) is 0.610. The predicted octanol–water partition coefficient (Wildman–Crippen LogP) is 2.09. The highest BCUT2D eigenvalue weighted by Crippen LogP contribution is 2.22. The molecule has 92 valence electrons. The van der Waals surface area contributed by atoms with Gasteiger partial charge < -0.3 is 11.1 Å². The van der Waals surface area contributed by atoms with Crippen molar-refractivity contribution < 1.29 is 0 Å². The lowest BCUT2D eigenvalue weighted by atomic mass is 10.0. The predicted molar refractivity (Wildman–Crippen MR) is 73.5 cm³/mol. The van der Waals surface area contributed by atoms with Gasteiger partial charge in [-0.2, -0.15) is 5.26 Å². The van der Waals surface area contributed by atoms with E-state index in [4.69, 9.17) is 11.0 Å². The van der Waals surface area contributed by atoms with Gasteiger partial charge in [-0.15, -0.1) is 0 Å². The van der Waals surface area contributed by atoms with Crippen LogP contribution in [0, 0.1) is 25.2 Å². The van der Waals surface area contributed by atoms with Crippen molar-refractivity contribution in [2.45, 2.75) is 13.8 Å². The largest absolute Gasteiger partial charge is 0.368 e. The van der Waals surface area contributed by atoms with Crippen molar-refractivity contribution in [1.82, 2.24) is 4.98 Å². The fraction of sp³-hybridized carbons (Fsp3) is 0.286. The molecule has 4 nitrogen and oxygen atoms in total. The fourth-order valence-corrected chi connectivity index (χ4v) is 1.85. The first kappa shape index (κ1) is 12.3. The first-order chi connectivity index (χ1) is 8.65. The Morgan fingerprint density at radius 2 is 2.00 bits per heavy atom. The highest BCUT2D eigenvalue weighted by atomic mass is 15.0. The van der Waals surface area contributed by atoms with E-state index >= 15 is 0 Å².